The third kappa shape index (κ3) is 7.46. The molecule has 0 spiro atoms. The van der Waals surface area contributed by atoms with Crippen molar-refractivity contribution in [1.29, 1.82) is 0 Å². The summed E-state index contributed by atoms with van der Waals surface area (Å²) < 4.78 is 0. The van der Waals surface area contributed by atoms with E-state index in [2.05, 4.69) is 98.2 Å². The lowest BCUT2D eigenvalue weighted by Gasteiger charge is -2.30. The van der Waals surface area contributed by atoms with E-state index in [-0.39, 0.29) is 0 Å². The second kappa shape index (κ2) is 11.6. The molecule has 0 N–H and O–H groups in total. The lowest BCUT2D eigenvalue weighted by molar-refractivity contribution is 0.196. The fraction of sp³-hybridized carbons (Fsp3) is 0.440. The molecule has 138 valence electrons. The second-order valence-electron chi connectivity index (χ2n) is 7.45. The summed E-state index contributed by atoms with van der Waals surface area (Å²) in [5, 5.41) is 0. The summed E-state index contributed by atoms with van der Waals surface area (Å²) in [7, 11) is 0. The van der Waals surface area contributed by atoms with E-state index in [9.17, 15) is 0 Å². The van der Waals surface area contributed by atoms with Crippen LogP contribution in [0.3, 0.4) is 0 Å². The molecule has 0 aliphatic rings. The molecule has 0 saturated heterocycles. The summed E-state index contributed by atoms with van der Waals surface area (Å²) in [6.07, 6.45) is 4.52. The van der Waals surface area contributed by atoms with Gasteiger partial charge < -0.3 is 0 Å². The highest BCUT2D eigenvalue weighted by atomic mass is 15.1. The van der Waals surface area contributed by atoms with Crippen molar-refractivity contribution >= 4 is 0 Å². The Kier molecular flexibility index (Phi) is 9.01. The first-order valence-electron chi connectivity index (χ1n) is 9.99. The minimum Gasteiger partial charge on any atom is -0.281 e. The van der Waals surface area contributed by atoms with Crippen molar-refractivity contribution in [2.75, 3.05) is 0 Å². The monoisotopic (exact) mass is 347 g/mol. The fourth-order valence-electron chi connectivity index (χ4n) is 3.11. The number of rotatable bonds is 9. The molecule has 2 aromatic rings. The van der Waals surface area contributed by atoms with Crippen LogP contribution in [0.25, 0.3) is 0 Å². The van der Waals surface area contributed by atoms with Gasteiger partial charge in [-0.2, -0.15) is 0 Å². The molecule has 0 aliphatic heterocycles. The van der Waals surface area contributed by atoms with Crippen molar-refractivity contribution in [3.05, 3.63) is 71.8 Å². The lowest BCUT2D eigenvalue weighted by atomic mass is 10.0. The van der Waals surface area contributed by atoms with Gasteiger partial charge in [-0.1, -0.05) is 93.8 Å². The predicted molar refractivity (Wildman–Crippen MR) is 113 cm³/mol. The van der Waals surface area contributed by atoms with Gasteiger partial charge in [0, 0.05) is 19.5 Å². The van der Waals surface area contributed by atoms with Crippen molar-refractivity contribution in [2.24, 2.45) is 5.92 Å². The van der Waals surface area contributed by atoms with Gasteiger partial charge in [-0.25, -0.2) is 0 Å². The van der Waals surface area contributed by atoms with Crippen LogP contribution < -0.4 is 0 Å². The maximum atomic E-state index is 3.60. The van der Waals surface area contributed by atoms with E-state index in [1.807, 2.05) is 0 Å². The summed E-state index contributed by atoms with van der Waals surface area (Å²) in [5.74, 6) is 7.69. The van der Waals surface area contributed by atoms with Gasteiger partial charge in [0.15, 0.2) is 0 Å². The minimum absolute atomic E-state index is 0.298. The average Bonchev–Trinajstić information content (AvgIpc) is 2.65. The van der Waals surface area contributed by atoms with E-state index in [0.717, 1.165) is 25.9 Å². The second-order valence-corrected chi connectivity index (χ2v) is 7.45. The van der Waals surface area contributed by atoms with E-state index in [1.165, 1.54) is 24.0 Å². The van der Waals surface area contributed by atoms with Gasteiger partial charge in [0.2, 0.25) is 0 Å². The molecule has 0 radical (unpaired) electrons. The zero-order valence-electron chi connectivity index (χ0n) is 16.6. The molecule has 0 aromatic heterocycles. The molecule has 0 amide bonds. The van der Waals surface area contributed by atoms with E-state index in [0.29, 0.717) is 12.0 Å². The first-order valence-corrected chi connectivity index (χ1v) is 9.99. The highest BCUT2D eigenvalue weighted by Gasteiger charge is 2.18. The van der Waals surface area contributed by atoms with E-state index >= 15 is 0 Å². The Bertz CT molecular complexity index is 622. The number of benzene rings is 2. The Labute approximate surface area is 160 Å². The molecule has 0 saturated carbocycles. The SMILES string of the molecule is CCCCC#C[C@H](CC(C)C)N(Cc1ccccc1)Cc1ccccc1. The van der Waals surface area contributed by atoms with Gasteiger partial charge in [0.1, 0.15) is 0 Å². The van der Waals surface area contributed by atoms with Crippen LogP contribution in [0.1, 0.15) is 57.6 Å². The van der Waals surface area contributed by atoms with Gasteiger partial charge in [-0.3, -0.25) is 4.90 Å². The van der Waals surface area contributed by atoms with Crippen molar-refractivity contribution < 1.29 is 0 Å². The van der Waals surface area contributed by atoms with Crippen LogP contribution >= 0.6 is 0 Å². The predicted octanol–water partition coefficient (Wildman–Crippen LogP) is 6.30. The third-order valence-corrected chi connectivity index (χ3v) is 4.52. The Morgan fingerprint density at radius 2 is 1.38 bits per heavy atom. The molecule has 1 nitrogen and oxygen atoms in total. The highest BCUT2D eigenvalue weighted by molar-refractivity contribution is 5.19. The molecule has 0 heterocycles. The Hall–Kier alpha value is -2.04. The largest absolute Gasteiger partial charge is 0.281 e. The normalized spacial score (nSPS) is 12.0. The maximum absolute atomic E-state index is 3.60. The van der Waals surface area contributed by atoms with Gasteiger partial charge in [0.05, 0.1) is 6.04 Å². The lowest BCUT2D eigenvalue weighted by Crippen LogP contribution is -2.34. The Balaban J connectivity index is 2.22. The van der Waals surface area contributed by atoms with Crippen molar-refractivity contribution in [3.8, 4) is 11.8 Å². The van der Waals surface area contributed by atoms with Crippen molar-refractivity contribution in [2.45, 2.75) is 65.6 Å². The van der Waals surface area contributed by atoms with Crippen LogP contribution in [-0.2, 0) is 13.1 Å². The zero-order valence-corrected chi connectivity index (χ0v) is 16.6. The summed E-state index contributed by atoms with van der Waals surface area (Å²) >= 11 is 0. The van der Waals surface area contributed by atoms with Crippen LogP contribution in [0.15, 0.2) is 60.7 Å². The molecular weight excluding hydrogens is 314 g/mol. The molecule has 0 unspecified atom stereocenters. The fourth-order valence-corrected chi connectivity index (χ4v) is 3.11. The minimum atomic E-state index is 0.298. The van der Waals surface area contributed by atoms with E-state index in [4.69, 9.17) is 0 Å². The van der Waals surface area contributed by atoms with Crippen LogP contribution in [0.5, 0.6) is 0 Å². The van der Waals surface area contributed by atoms with Crippen LogP contribution in [0, 0.1) is 17.8 Å². The summed E-state index contributed by atoms with van der Waals surface area (Å²) in [5.41, 5.74) is 2.71. The zero-order chi connectivity index (χ0) is 18.6. The van der Waals surface area contributed by atoms with Crippen LogP contribution in [-0.4, -0.2) is 10.9 Å². The number of hydrogen-bond donors (Lipinski definition) is 0. The maximum Gasteiger partial charge on any atom is 0.0722 e. The van der Waals surface area contributed by atoms with Crippen LogP contribution in [0.4, 0.5) is 0 Å². The molecule has 1 atom stereocenters. The molecule has 26 heavy (non-hydrogen) atoms. The molecule has 1 heteroatoms. The Morgan fingerprint density at radius 1 is 0.846 bits per heavy atom. The van der Waals surface area contributed by atoms with E-state index in [1.54, 1.807) is 0 Å². The van der Waals surface area contributed by atoms with Gasteiger partial charge in [-0.15, -0.1) is 5.92 Å². The quantitative estimate of drug-likeness (QED) is 0.380. The summed E-state index contributed by atoms with van der Waals surface area (Å²) in [6.45, 7) is 8.70. The third-order valence-electron chi connectivity index (χ3n) is 4.52. The van der Waals surface area contributed by atoms with Crippen LogP contribution in [0.2, 0.25) is 0 Å². The summed E-state index contributed by atoms with van der Waals surface area (Å²) in [4.78, 5) is 2.55. The molecule has 2 rings (SSSR count). The van der Waals surface area contributed by atoms with Gasteiger partial charge >= 0.3 is 0 Å². The number of nitrogens with zero attached hydrogens (tertiary/aromatic N) is 1. The van der Waals surface area contributed by atoms with E-state index < -0.39 is 0 Å². The molecule has 0 aliphatic carbocycles. The van der Waals surface area contributed by atoms with Crippen molar-refractivity contribution in [1.82, 2.24) is 4.90 Å². The first kappa shape index (κ1) is 20.3. The molecule has 2 aromatic carbocycles. The average molecular weight is 348 g/mol. The molecular formula is C25H33N. The van der Waals surface area contributed by atoms with Gasteiger partial charge in [0.25, 0.3) is 0 Å². The highest BCUT2D eigenvalue weighted by Crippen LogP contribution is 2.18. The van der Waals surface area contributed by atoms with Crippen molar-refractivity contribution in [3.63, 3.8) is 0 Å². The summed E-state index contributed by atoms with van der Waals surface area (Å²) in [6, 6.07) is 21.8. The standard InChI is InChI=1S/C25H33N/c1-4-5-6-13-18-25(19-22(2)3)26(20-23-14-9-7-10-15-23)21-24-16-11-8-12-17-24/h7-12,14-17,22,25H,4-6,19-21H2,1-3H3/t25-/m1/s1. The molecule has 0 fully saturated rings. The number of hydrogen-bond acceptors (Lipinski definition) is 1. The smallest absolute Gasteiger partial charge is 0.0722 e. The first-order chi connectivity index (χ1) is 12.7. The molecule has 0 bridgehead atoms. The number of unbranched alkanes of at least 4 members (excludes halogenated alkanes) is 2. The van der Waals surface area contributed by atoms with Gasteiger partial charge in [-0.05, 0) is 29.9 Å². The Morgan fingerprint density at radius 3 is 1.85 bits per heavy atom. The topological polar surface area (TPSA) is 3.24 Å².